The van der Waals surface area contributed by atoms with Gasteiger partial charge in [-0.2, -0.15) is 0 Å². The van der Waals surface area contributed by atoms with E-state index in [0.29, 0.717) is 31.1 Å². The quantitative estimate of drug-likeness (QED) is 0.787. The first-order valence-corrected chi connectivity index (χ1v) is 6.96. The van der Waals surface area contributed by atoms with E-state index in [2.05, 4.69) is 11.9 Å². The van der Waals surface area contributed by atoms with Crippen molar-refractivity contribution in [3.8, 4) is 0 Å². The maximum Gasteiger partial charge on any atom is 0.408 e. The molecule has 0 spiro atoms. The average Bonchev–Trinajstić information content (AvgIpc) is 2.77. The van der Waals surface area contributed by atoms with Gasteiger partial charge in [0.25, 0.3) is 0 Å². The number of carbonyl (C=O) groups excluding carboxylic acids is 2. The third-order valence-electron chi connectivity index (χ3n) is 3.02. The molecule has 1 rings (SSSR count). The van der Waals surface area contributed by atoms with E-state index in [1.165, 1.54) is 0 Å². The molecule has 20 heavy (non-hydrogen) atoms. The summed E-state index contributed by atoms with van der Waals surface area (Å²) in [6.45, 7) is 12.0. The van der Waals surface area contributed by atoms with Crippen molar-refractivity contribution in [2.24, 2.45) is 5.92 Å². The summed E-state index contributed by atoms with van der Waals surface area (Å²) in [7, 11) is 0. The topological polar surface area (TPSA) is 64.6 Å². The molecule has 0 saturated carbocycles. The van der Waals surface area contributed by atoms with Crippen LogP contribution in [-0.2, 0) is 14.3 Å². The van der Waals surface area contributed by atoms with Crippen molar-refractivity contribution in [2.75, 3.05) is 13.2 Å². The number of nitrogens with one attached hydrogen (secondary N) is 1. The van der Waals surface area contributed by atoms with Crippen molar-refractivity contribution in [3.05, 3.63) is 12.2 Å². The molecule has 0 aromatic carbocycles. The van der Waals surface area contributed by atoms with Gasteiger partial charge in [-0.05, 0) is 52.0 Å². The lowest BCUT2D eigenvalue weighted by atomic mass is 9.94. The smallest absolute Gasteiger partial charge is 0.408 e. The fraction of sp³-hybridized carbons (Fsp3) is 0.733. The highest BCUT2D eigenvalue weighted by Gasteiger charge is 2.28. The van der Waals surface area contributed by atoms with Gasteiger partial charge >= 0.3 is 6.09 Å². The SMILES string of the molecule is C=C(C)C(=O)[C@H](C[C@@H]1CCOC1)NC(=O)OC(C)(C)C. The molecule has 1 fully saturated rings. The lowest BCUT2D eigenvalue weighted by Gasteiger charge is -2.24. The summed E-state index contributed by atoms with van der Waals surface area (Å²) in [5.74, 6) is 0.140. The van der Waals surface area contributed by atoms with E-state index >= 15 is 0 Å². The molecule has 114 valence electrons. The first-order valence-electron chi connectivity index (χ1n) is 6.96. The van der Waals surface area contributed by atoms with Gasteiger partial charge in [0.1, 0.15) is 5.60 Å². The highest BCUT2D eigenvalue weighted by molar-refractivity contribution is 5.99. The van der Waals surface area contributed by atoms with E-state index in [9.17, 15) is 9.59 Å². The molecular weight excluding hydrogens is 258 g/mol. The van der Waals surface area contributed by atoms with Crippen LogP contribution in [0.3, 0.4) is 0 Å². The van der Waals surface area contributed by atoms with Gasteiger partial charge in [-0.25, -0.2) is 4.79 Å². The van der Waals surface area contributed by atoms with Crippen molar-refractivity contribution in [2.45, 2.75) is 52.2 Å². The van der Waals surface area contributed by atoms with Gasteiger partial charge in [-0.1, -0.05) is 6.58 Å². The number of alkyl carbamates (subject to hydrolysis) is 1. The number of ether oxygens (including phenoxy) is 2. The molecule has 5 heteroatoms. The number of hydrogen-bond acceptors (Lipinski definition) is 4. The molecule has 1 aliphatic heterocycles. The van der Waals surface area contributed by atoms with Crippen molar-refractivity contribution in [1.29, 1.82) is 0 Å². The minimum atomic E-state index is -0.589. The molecule has 1 amide bonds. The van der Waals surface area contributed by atoms with Crippen molar-refractivity contribution >= 4 is 11.9 Å². The van der Waals surface area contributed by atoms with Gasteiger partial charge in [-0.15, -0.1) is 0 Å². The zero-order valence-corrected chi connectivity index (χ0v) is 12.8. The van der Waals surface area contributed by atoms with Crippen LogP contribution >= 0.6 is 0 Å². The van der Waals surface area contributed by atoms with E-state index in [-0.39, 0.29) is 5.78 Å². The Hall–Kier alpha value is -1.36. The highest BCUT2D eigenvalue weighted by atomic mass is 16.6. The van der Waals surface area contributed by atoms with Gasteiger partial charge in [0.15, 0.2) is 5.78 Å². The molecule has 0 unspecified atom stereocenters. The number of hydrogen-bond donors (Lipinski definition) is 1. The fourth-order valence-electron chi connectivity index (χ4n) is 2.08. The molecule has 5 nitrogen and oxygen atoms in total. The molecule has 1 N–H and O–H groups in total. The molecule has 0 aromatic heterocycles. The summed E-state index contributed by atoms with van der Waals surface area (Å²) < 4.78 is 10.5. The maximum atomic E-state index is 12.1. The summed E-state index contributed by atoms with van der Waals surface area (Å²) in [6.07, 6.45) is 0.900. The van der Waals surface area contributed by atoms with E-state index < -0.39 is 17.7 Å². The highest BCUT2D eigenvalue weighted by Crippen LogP contribution is 2.20. The van der Waals surface area contributed by atoms with Gasteiger partial charge in [0.05, 0.1) is 6.04 Å². The third kappa shape index (κ3) is 5.74. The van der Waals surface area contributed by atoms with Crippen LogP contribution in [-0.4, -0.2) is 36.7 Å². The first kappa shape index (κ1) is 16.7. The van der Waals surface area contributed by atoms with Crippen LogP contribution in [0.5, 0.6) is 0 Å². The van der Waals surface area contributed by atoms with Gasteiger partial charge in [-0.3, -0.25) is 4.79 Å². The first-order chi connectivity index (χ1) is 9.19. The second-order valence-electron chi connectivity index (χ2n) is 6.31. The van der Waals surface area contributed by atoms with E-state index in [1.807, 2.05) is 0 Å². The minimum Gasteiger partial charge on any atom is -0.444 e. The Bertz CT molecular complexity index is 378. The Morgan fingerprint density at radius 2 is 2.10 bits per heavy atom. The fourth-order valence-corrected chi connectivity index (χ4v) is 2.08. The zero-order valence-electron chi connectivity index (χ0n) is 12.8. The largest absolute Gasteiger partial charge is 0.444 e. The molecular formula is C15H25NO4. The van der Waals surface area contributed by atoms with Crippen LogP contribution in [0, 0.1) is 5.92 Å². The average molecular weight is 283 g/mol. The number of ketones is 1. The second-order valence-corrected chi connectivity index (χ2v) is 6.31. The maximum absolute atomic E-state index is 12.1. The standard InChI is InChI=1S/C15H25NO4/c1-10(2)13(17)12(8-11-6-7-19-9-11)16-14(18)20-15(3,4)5/h11-12H,1,6-9H2,2-5H3,(H,16,18)/t11-,12-/m0/s1. The molecule has 1 aliphatic rings. The summed E-state index contributed by atoms with van der Waals surface area (Å²) in [5, 5.41) is 2.65. The van der Waals surface area contributed by atoms with E-state index in [4.69, 9.17) is 9.47 Å². The molecule has 0 aromatic rings. The Morgan fingerprint density at radius 3 is 2.55 bits per heavy atom. The third-order valence-corrected chi connectivity index (χ3v) is 3.02. The van der Waals surface area contributed by atoms with Crippen molar-refractivity contribution < 1.29 is 19.1 Å². The summed E-state index contributed by atoms with van der Waals surface area (Å²) in [5.41, 5.74) is -0.151. The number of amides is 1. The Balaban J connectivity index is 2.64. The van der Waals surface area contributed by atoms with Crippen LogP contribution in [0.15, 0.2) is 12.2 Å². The van der Waals surface area contributed by atoms with Gasteiger partial charge in [0, 0.05) is 13.2 Å². The van der Waals surface area contributed by atoms with Gasteiger partial charge < -0.3 is 14.8 Å². The van der Waals surface area contributed by atoms with Crippen LogP contribution in [0.2, 0.25) is 0 Å². The molecule has 2 atom stereocenters. The van der Waals surface area contributed by atoms with Gasteiger partial charge in [0.2, 0.25) is 0 Å². The Labute approximate surface area is 120 Å². The Kier molecular flexibility index (Phi) is 5.74. The Morgan fingerprint density at radius 1 is 1.45 bits per heavy atom. The number of rotatable bonds is 5. The summed E-state index contributed by atoms with van der Waals surface area (Å²) >= 11 is 0. The van der Waals surface area contributed by atoms with Crippen molar-refractivity contribution in [1.82, 2.24) is 5.32 Å². The van der Waals surface area contributed by atoms with Crippen LogP contribution in [0.4, 0.5) is 4.79 Å². The summed E-state index contributed by atoms with van der Waals surface area (Å²) in [4.78, 5) is 23.9. The predicted octanol–water partition coefficient (Wildman–Crippen LogP) is 2.45. The zero-order chi connectivity index (χ0) is 15.3. The van der Waals surface area contributed by atoms with Crippen LogP contribution in [0.1, 0.15) is 40.5 Å². The summed E-state index contributed by atoms with van der Waals surface area (Å²) in [6, 6.07) is -0.589. The van der Waals surface area contributed by atoms with Crippen molar-refractivity contribution in [3.63, 3.8) is 0 Å². The van der Waals surface area contributed by atoms with Crippen LogP contribution in [0.25, 0.3) is 0 Å². The lowest BCUT2D eigenvalue weighted by Crippen LogP contribution is -2.44. The normalized spacial score (nSPS) is 20.3. The second kappa shape index (κ2) is 6.88. The molecule has 0 aliphatic carbocycles. The lowest BCUT2D eigenvalue weighted by molar-refractivity contribution is -0.117. The number of carbonyl (C=O) groups is 2. The van der Waals surface area contributed by atoms with E-state index in [1.54, 1.807) is 27.7 Å². The molecule has 1 saturated heterocycles. The monoisotopic (exact) mass is 283 g/mol. The predicted molar refractivity (Wildman–Crippen MR) is 76.5 cm³/mol. The molecule has 0 bridgehead atoms. The number of Topliss-reactive ketones (excluding diaryl/α,β-unsaturated/α-hetero) is 1. The van der Waals surface area contributed by atoms with Crippen LogP contribution < -0.4 is 5.32 Å². The molecule has 0 radical (unpaired) electrons. The van der Waals surface area contributed by atoms with E-state index in [0.717, 1.165) is 6.42 Å². The molecule has 1 heterocycles. The minimum absolute atomic E-state index is 0.150.